The third-order valence-electron chi connectivity index (χ3n) is 2.89. The molecule has 0 saturated carbocycles. The van der Waals surface area contributed by atoms with Crippen molar-refractivity contribution < 1.29 is 23.9 Å². The van der Waals surface area contributed by atoms with Gasteiger partial charge in [-0.3, -0.25) is 10.1 Å². The molecule has 3 atom stereocenters. The molecule has 0 spiro atoms. The first-order valence-corrected chi connectivity index (χ1v) is 7.57. The van der Waals surface area contributed by atoms with Crippen molar-refractivity contribution in [3.8, 4) is 0 Å². The monoisotopic (exact) mass is 329 g/mol. The third-order valence-corrected chi connectivity index (χ3v) is 2.89. The molecule has 8 heteroatoms. The van der Waals surface area contributed by atoms with Crippen LogP contribution in [0.2, 0.25) is 0 Å². The number of hydrogen-bond acceptors (Lipinski definition) is 5. The molecule has 0 bridgehead atoms. The highest BCUT2D eigenvalue weighted by Gasteiger charge is 2.41. The zero-order valence-electron chi connectivity index (χ0n) is 14.8. The molecule has 4 amide bonds. The molecule has 1 unspecified atom stereocenters. The van der Waals surface area contributed by atoms with E-state index in [4.69, 9.17) is 9.47 Å². The van der Waals surface area contributed by atoms with Crippen LogP contribution < -0.4 is 16.0 Å². The van der Waals surface area contributed by atoms with E-state index in [2.05, 4.69) is 16.0 Å². The summed E-state index contributed by atoms with van der Waals surface area (Å²) in [5.41, 5.74) is -1.16. The van der Waals surface area contributed by atoms with Gasteiger partial charge in [-0.25, -0.2) is 9.59 Å². The van der Waals surface area contributed by atoms with E-state index < -0.39 is 47.4 Å². The number of alkyl carbamates (subject to hydrolysis) is 1. The summed E-state index contributed by atoms with van der Waals surface area (Å²) in [6.45, 7) is 12.5. The van der Waals surface area contributed by atoms with Crippen LogP contribution in [0.5, 0.6) is 0 Å². The van der Waals surface area contributed by atoms with Crippen LogP contribution in [-0.2, 0) is 14.3 Å². The standard InChI is InChI=1S/C15H27N3O5/c1-8(22-14(2,3)4)9(10-11(19)18-12(20)16-10)17-13(21)23-15(5,6)7/h8-10H,1-7H3,(H,17,21)(H2,16,18,19,20)/t8-,9-,10?/m0/s1. The second kappa shape index (κ2) is 6.74. The predicted molar refractivity (Wildman–Crippen MR) is 83.9 cm³/mol. The van der Waals surface area contributed by atoms with Crippen molar-refractivity contribution in [1.82, 2.24) is 16.0 Å². The summed E-state index contributed by atoms with van der Waals surface area (Å²) >= 11 is 0. The van der Waals surface area contributed by atoms with Crippen LogP contribution in [0.3, 0.4) is 0 Å². The van der Waals surface area contributed by atoms with Crippen LogP contribution in [0.4, 0.5) is 9.59 Å². The molecular formula is C15H27N3O5. The minimum Gasteiger partial charge on any atom is -0.444 e. The van der Waals surface area contributed by atoms with Gasteiger partial charge in [-0.1, -0.05) is 0 Å². The third kappa shape index (κ3) is 6.43. The van der Waals surface area contributed by atoms with Crippen LogP contribution in [-0.4, -0.2) is 47.4 Å². The van der Waals surface area contributed by atoms with Crippen LogP contribution in [0.25, 0.3) is 0 Å². The van der Waals surface area contributed by atoms with E-state index in [9.17, 15) is 14.4 Å². The number of ether oxygens (including phenoxy) is 2. The summed E-state index contributed by atoms with van der Waals surface area (Å²) in [5.74, 6) is -0.514. The summed E-state index contributed by atoms with van der Waals surface area (Å²) in [6, 6.07) is -2.29. The van der Waals surface area contributed by atoms with Crippen molar-refractivity contribution in [2.45, 2.75) is 77.9 Å². The van der Waals surface area contributed by atoms with E-state index in [1.54, 1.807) is 27.7 Å². The Bertz CT molecular complexity index is 478. The topological polar surface area (TPSA) is 106 Å². The van der Waals surface area contributed by atoms with Gasteiger partial charge >= 0.3 is 12.1 Å². The molecule has 1 rings (SSSR count). The summed E-state index contributed by atoms with van der Waals surface area (Å²) in [5, 5.41) is 7.27. The minimum atomic E-state index is -0.924. The zero-order chi connectivity index (χ0) is 18.0. The van der Waals surface area contributed by atoms with E-state index in [-0.39, 0.29) is 0 Å². The number of imide groups is 1. The van der Waals surface area contributed by atoms with E-state index >= 15 is 0 Å². The van der Waals surface area contributed by atoms with Crippen molar-refractivity contribution in [3.63, 3.8) is 0 Å². The number of nitrogens with one attached hydrogen (secondary N) is 3. The molecule has 1 aliphatic rings. The fourth-order valence-corrected chi connectivity index (χ4v) is 2.23. The van der Waals surface area contributed by atoms with Crippen molar-refractivity contribution in [2.75, 3.05) is 0 Å². The van der Waals surface area contributed by atoms with Crippen molar-refractivity contribution in [3.05, 3.63) is 0 Å². The lowest BCUT2D eigenvalue weighted by molar-refractivity contribution is -0.123. The summed E-state index contributed by atoms with van der Waals surface area (Å²) < 4.78 is 11.0. The van der Waals surface area contributed by atoms with Gasteiger partial charge in [0.25, 0.3) is 5.91 Å². The normalized spacial score (nSPS) is 21.3. The molecule has 0 radical (unpaired) electrons. The predicted octanol–water partition coefficient (Wildman–Crippen LogP) is 1.29. The van der Waals surface area contributed by atoms with Gasteiger partial charge < -0.3 is 20.1 Å². The van der Waals surface area contributed by atoms with Gasteiger partial charge in [0.1, 0.15) is 11.6 Å². The number of carbonyl (C=O) groups excluding carboxylic acids is 3. The fourth-order valence-electron chi connectivity index (χ4n) is 2.23. The quantitative estimate of drug-likeness (QED) is 0.674. The van der Waals surface area contributed by atoms with E-state index in [1.807, 2.05) is 20.8 Å². The molecule has 1 fully saturated rings. The number of urea groups is 1. The first kappa shape index (κ1) is 19.2. The van der Waals surface area contributed by atoms with E-state index in [1.165, 1.54) is 0 Å². The van der Waals surface area contributed by atoms with Crippen LogP contribution in [0, 0.1) is 0 Å². The van der Waals surface area contributed by atoms with E-state index in [0.29, 0.717) is 0 Å². The van der Waals surface area contributed by atoms with Crippen molar-refractivity contribution in [2.24, 2.45) is 0 Å². The maximum atomic E-state index is 12.1. The summed E-state index contributed by atoms with van der Waals surface area (Å²) in [4.78, 5) is 35.3. The lowest BCUT2D eigenvalue weighted by Crippen LogP contribution is -2.58. The Balaban J connectivity index is 2.90. The molecule has 23 heavy (non-hydrogen) atoms. The highest BCUT2D eigenvalue weighted by atomic mass is 16.6. The van der Waals surface area contributed by atoms with Crippen LogP contribution in [0.15, 0.2) is 0 Å². The second-order valence-corrected chi connectivity index (χ2v) is 7.55. The van der Waals surface area contributed by atoms with Gasteiger partial charge in [0, 0.05) is 0 Å². The maximum Gasteiger partial charge on any atom is 0.408 e. The zero-order valence-corrected chi connectivity index (χ0v) is 14.8. The SMILES string of the molecule is C[C@H](OC(C)(C)C)[C@H](NC(=O)OC(C)(C)C)C1NC(=O)NC1=O. The molecular weight excluding hydrogens is 302 g/mol. The molecule has 0 aromatic rings. The maximum absolute atomic E-state index is 12.1. The smallest absolute Gasteiger partial charge is 0.408 e. The summed E-state index contributed by atoms with van der Waals surface area (Å²) in [6.07, 6.45) is -1.21. The van der Waals surface area contributed by atoms with E-state index in [0.717, 1.165) is 0 Å². The average Bonchev–Trinajstić information content (AvgIpc) is 2.60. The lowest BCUT2D eigenvalue weighted by atomic mass is 10.0. The van der Waals surface area contributed by atoms with Crippen LogP contribution in [0.1, 0.15) is 48.5 Å². The Hall–Kier alpha value is -1.83. The van der Waals surface area contributed by atoms with Gasteiger partial charge in [-0.05, 0) is 48.5 Å². The van der Waals surface area contributed by atoms with Crippen molar-refractivity contribution in [1.29, 1.82) is 0 Å². The summed E-state index contributed by atoms with van der Waals surface area (Å²) in [7, 11) is 0. The molecule has 1 saturated heterocycles. The average molecular weight is 329 g/mol. The molecule has 0 aromatic carbocycles. The first-order valence-electron chi connectivity index (χ1n) is 7.57. The molecule has 1 aliphatic heterocycles. The first-order chi connectivity index (χ1) is 10.3. The largest absolute Gasteiger partial charge is 0.444 e. The number of hydrogen-bond donors (Lipinski definition) is 3. The number of carbonyl (C=O) groups is 3. The number of amides is 4. The fraction of sp³-hybridized carbons (Fsp3) is 0.800. The van der Waals surface area contributed by atoms with Crippen molar-refractivity contribution >= 4 is 18.0 Å². The molecule has 0 aliphatic carbocycles. The Morgan fingerprint density at radius 3 is 2.09 bits per heavy atom. The number of rotatable bonds is 4. The van der Waals surface area contributed by atoms with Gasteiger partial charge in [-0.2, -0.15) is 0 Å². The van der Waals surface area contributed by atoms with Gasteiger partial charge in [0.2, 0.25) is 0 Å². The molecule has 3 N–H and O–H groups in total. The van der Waals surface area contributed by atoms with Gasteiger partial charge in [0.05, 0.1) is 17.7 Å². The lowest BCUT2D eigenvalue weighted by Gasteiger charge is -2.33. The molecule has 0 aromatic heterocycles. The van der Waals surface area contributed by atoms with Gasteiger partial charge in [0.15, 0.2) is 0 Å². The Morgan fingerprint density at radius 2 is 1.70 bits per heavy atom. The second-order valence-electron chi connectivity index (χ2n) is 7.55. The Morgan fingerprint density at radius 1 is 1.13 bits per heavy atom. The molecule has 1 heterocycles. The highest BCUT2D eigenvalue weighted by Crippen LogP contribution is 2.17. The van der Waals surface area contributed by atoms with Gasteiger partial charge in [-0.15, -0.1) is 0 Å². The Kier molecular flexibility index (Phi) is 5.63. The minimum absolute atomic E-state index is 0.480. The molecule has 132 valence electrons. The Labute approximate surface area is 136 Å². The molecule has 8 nitrogen and oxygen atoms in total. The van der Waals surface area contributed by atoms with Crippen LogP contribution >= 0.6 is 0 Å². The highest BCUT2D eigenvalue weighted by molar-refractivity contribution is 6.04.